The summed E-state index contributed by atoms with van der Waals surface area (Å²) in [6.07, 6.45) is 1.28. The van der Waals surface area contributed by atoms with E-state index in [1.54, 1.807) is 6.92 Å². The smallest absolute Gasteiger partial charge is 0.260 e. The zero-order chi connectivity index (χ0) is 14.0. The molecular formula is C9H17BrN4O3S. The molecule has 1 aromatic heterocycles. The monoisotopic (exact) mass is 340 g/mol. The van der Waals surface area contributed by atoms with Gasteiger partial charge in [-0.2, -0.15) is 0 Å². The number of rotatable bonds is 6. The molecule has 0 aliphatic heterocycles. The van der Waals surface area contributed by atoms with Gasteiger partial charge in [-0.05, 0) is 29.3 Å². The maximum atomic E-state index is 12.0. The van der Waals surface area contributed by atoms with E-state index in [4.69, 9.17) is 0 Å². The highest BCUT2D eigenvalue weighted by molar-refractivity contribution is 9.10. The molecule has 1 atom stereocenters. The van der Waals surface area contributed by atoms with Crippen LogP contribution in [0.5, 0.6) is 0 Å². The van der Waals surface area contributed by atoms with E-state index in [1.807, 2.05) is 6.92 Å². The van der Waals surface area contributed by atoms with Crippen LogP contribution in [0, 0.1) is 0 Å². The Bertz CT molecular complexity index is 492. The van der Waals surface area contributed by atoms with Gasteiger partial charge in [0.15, 0.2) is 4.60 Å². The summed E-state index contributed by atoms with van der Waals surface area (Å²) in [6, 6.07) is 0. The first-order chi connectivity index (χ1) is 8.19. The minimum atomic E-state index is -3.75. The molecule has 0 bridgehead atoms. The fraction of sp³-hybridized carbons (Fsp3) is 0.778. The quantitative estimate of drug-likeness (QED) is 0.781. The Kier molecular flexibility index (Phi) is 4.87. The van der Waals surface area contributed by atoms with Gasteiger partial charge in [-0.15, -0.1) is 5.10 Å². The minimum absolute atomic E-state index is 0.0548. The molecule has 0 aliphatic rings. The lowest BCUT2D eigenvalue weighted by molar-refractivity contribution is 0.0554. The lowest BCUT2D eigenvalue weighted by atomic mass is 10.0. The van der Waals surface area contributed by atoms with Crippen molar-refractivity contribution in [2.75, 3.05) is 6.54 Å². The average Bonchev–Trinajstić information content (AvgIpc) is 2.56. The molecule has 0 radical (unpaired) electrons. The first-order valence-electron chi connectivity index (χ1n) is 5.47. The maximum Gasteiger partial charge on any atom is 0.260 e. The van der Waals surface area contributed by atoms with E-state index in [1.165, 1.54) is 7.05 Å². The Morgan fingerprint density at radius 3 is 2.61 bits per heavy atom. The molecule has 104 valence electrons. The molecule has 1 heterocycles. The third-order valence-corrected chi connectivity index (χ3v) is 4.71. The molecule has 9 heteroatoms. The topological polar surface area (TPSA) is 97.1 Å². The van der Waals surface area contributed by atoms with Crippen LogP contribution in [-0.2, 0) is 17.1 Å². The number of nitrogens with one attached hydrogen (secondary N) is 1. The first-order valence-corrected chi connectivity index (χ1v) is 7.74. The van der Waals surface area contributed by atoms with Crippen LogP contribution in [0.4, 0.5) is 0 Å². The van der Waals surface area contributed by atoms with Crippen molar-refractivity contribution in [3.8, 4) is 0 Å². The van der Waals surface area contributed by atoms with Crippen LogP contribution in [0.3, 0.4) is 0 Å². The third-order valence-electron chi connectivity index (χ3n) is 2.42. The van der Waals surface area contributed by atoms with Crippen LogP contribution in [-0.4, -0.2) is 40.7 Å². The van der Waals surface area contributed by atoms with Gasteiger partial charge in [0.1, 0.15) is 0 Å². The Morgan fingerprint density at radius 2 is 2.17 bits per heavy atom. The second-order valence-corrected chi connectivity index (χ2v) is 6.81. The van der Waals surface area contributed by atoms with Gasteiger partial charge in [-0.1, -0.05) is 18.6 Å². The number of halogens is 1. The molecule has 0 amide bonds. The number of aliphatic hydroxyl groups is 1. The maximum absolute atomic E-state index is 12.0. The molecule has 7 nitrogen and oxygen atoms in total. The molecule has 0 spiro atoms. The van der Waals surface area contributed by atoms with Gasteiger partial charge >= 0.3 is 0 Å². The van der Waals surface area contributed by atoms with Crippen molar-refractivity contribution in [1.29, 1.82) is 0 Å². The Morgan fingerprint density at radius 1 is 1.56 bits per heavy atom. The first kappa shape index (κ1) is 15.5. The zero-order valence-electron chi connectivity index (χ0n) is 10.5. The van der Waals surface area contributed by atoms with E-state index in [2.05, 4.69) is 31.0 Å². The summed E-state index contributed by atoms with van der Waals surface area (Å²) in [5.74, 6) is 0. The second kappa shape index (κ2) is 5.64. The van der Waals surface area contributed by atoms with E-state index in [0.717, 1.165) is 11.1 Å². The Balaban J connectivity index is 2.84. The van der Waals surface area contributed by atoms with Crippen molar-refractivity contribution in [2.45, 2.75) is 37.3 Å². The summed E-state index contributed by atoms with van der Waals surface area (Å²) >= 11 is 3.03. The molecule has 1 unspecified atom stereocenters. The molecule has 2 N–H and O–H groups in total. The predicted molar refractivity (Wildman–Crippen MR) is 69.4 cm³/mol. The summed E-state index contributed by atoms with van der Waals surface area (Å²) in [4.78, 5) is 0. The molecule has 0 fully saturated rings. The minimum Gasteiger partial charge on any atom is -0.389 e. The highest BCUT2D eigenvalue weighted by atomic mass is 79.9. The van der Waals surface area contributed by atoms with E-state index < -0.39 is 15.6 Å². The van der Waals surface area contributed by atoms with Crippen molar-refractivity contribution in [3.63, 3.8) is 0 Å². The predicted octanol–water partition coefficient (Wildman–Crippen LogP) is 0.407. The van der Waals surface area contributed by atoms with Crippen LogP contribution >= 0.6 is 15.9 Å². The number of hydrogen-bond donors (Lipinski definition) is 2. The second-order valence-electron chi connectivity index (χ2n) is 4.38. The van der Waals surface area contributed by atoms with Gasteiger partial charge in [-0.3, -0.25) is 0 Å². The fourth-order valence-corrected chi connectivity index (χ4v) is 3.81. The molecule has 1 aromatic rings. The van der Waals surface area contributed by atoms with Crippen molar-refractivity contribution in [1.82, 2.24) is 19.7 Å². The SMILES string of the molecule is CCCC(C)(O)CNS(=O)(=O)c1c(Br)nnn1C. The Hall–Kier alpha value is -0.510. The van der Waals surface area contributed by atoms with Crippen molar-refractivity contribution in [3.05, 3.63) is 4.60 Å². The molecule has 0 aliphatic carbocycles. The summed E-state index contributed by atoms with van der Waals surface area (Å²) in [7, 11) is -2.27. The van der Waals surface area contributed by atoms with E-state index in [0.29, 0.717) is 6.42 Å². The van der Waals surface area contributed by atoms with Gasteiger partial charge in [0.25, 0.3) is 10.0 Å². The number of hydrogen-bond acceptors (Lipinski definition) is 5. The van der Waals surface area contributed by atoms with E-state index in [9.17, 15) is 13.5 Å². The van der Waals surface area contributed by atoms with Crippen LogP contribution in [0.1, 0.15) is 26.7 Å². The highest BCUT2D eigenvalue weighted by Crippen LogP contribution is 2.18. The van der Waals surface area contributed by atoms with Crippen LogP contribution in [0.25, 0.3) is 0 Å². The van der Waals surface area contributed by atoms with Crippen LogP contribution < -0.4 is 4.72 Å². The van der Waals surface area contributed by atoms with Crippen molar-refractivity contribution < 1.29 is 13.5 Å². The molecule has 1 rings (SSSR count). The molecule has 0 saturated heterocycles. The lowest BCUT2D eigenvalue weighted by Crippen LogP contribution is -2.41. The fourth-order valence-electron chi connectivity index (χ4n) is 1.55. The van der Waals surface area contributed by atoms with Crippen molar-refractivity contribution >= 4 is 26.0 Å². The van der Waals surface area contributed by atoms with Crippen LogP contribution in [0.15, 0.2) is 9.63 Å². The number of nitrogens with zero attached hydrogens (tertiary/aromatic N) is 3. The zero-order valence-corrected chi connectivity index (χ0v) is 12.9. The standard InChI is InChI=1S/C9H17BrN4O3S/c1-4-5-9(2,15)6-11-18(16,17)8-7(10)12-13-14(8)3/h11,15H,4-6H2,1-3H3. The van der Waals surface area contributed by atoms with E-state index >= 15 is 0 Å². The molecule has 0 saturated carbocycles. The average molecular weight is 341 g/mol. The number of sulfonamides is 1. The molecule has 18 heavy (non-hydrogen) atoms. The van der Waals surface area contributed by atoms with Gasteiger partial charge in [0, 0.05) is 13.6 Å². The third kappa shape index (κ3) is 3.74. The lowest BCUT2D eigenvalue weighted by Gasteiger charge is -2.22. The van der Waals surface area contributed by atoms with Gasteiger partial charge in [0.2, 0.25) is 5.03 Å². The number of aromatic nitrogens is 3. The molecule has 0 aromatic carbocycles. The summed E-state index contributed by atoms with van der Waals surface area (Å²) < 4.78 is 27.7. The largest absolute Gasteiger partial charge is 0.389 e. The van der Waals surface area contributed by atoms with Crippen molar-refractivity contribution in [2.24, 2.45) is 7.05 Å². The summed E-state index contributed by atoms with van der Waals surface area (Å²) in [5.41, 5.74) is -1.07. The number of aryl methyl sites for hydroxylation is 1. The highest BCUT2D eigenvalue weighted by Gasteiger charge is 2.27. The van der Waals surface area contributed by atoms with Gasteiger partial charge in [0.05, 0.1) is 5.60 Å². The summed E-state index contributed by atoms with van der Waals surface area (Å²) in [6.45, 7) is 3.46. The summed E-state index contributed by atoms with van der Waals surface area (Å²) in [5, 5.41) is 17.1. The van der Waals surface area contributed by atoms with Crippen LogP contribution in [0.2, 0.25) is 0 Å². The Labute approximate surface area is 115 Å². The van der Waals surface area contributed by atoms with Gasteiger partial charge < -0.3 is 5.11 Å². The normalized spacial score (nSPS) is 15.6. The van der Waals surface area contributed by atoms with Gasteiger partial charge in [-0.25, -0.2) is 17.8 Å². The van der Waals surface area contributed by atoms with E-state index in [-0.39, 0.29) is 16.2 Å². The molecular weight excluding hydrogens is 324 g/mol.